The van der Waals surface area contributed by atoms with E-state index in [4.69, 9.17) is 14.2 Å². The summed E-state index contributed by atoms with van der Waals surface area (Å²) in [4.78, 5) is 11.3. The molecule has 0 aliphatic carbocycles. The first kappa shape index (κ1) is 25.5. The van der Waals surface area contributed by atoms with E-state index < -0.39 is 12.6 Å². The number of carbonyl (C=O) groups is 1. The molecule has 5 nitrogen and oxygen atoms in total. The lowest BCUT2D eigenvalue weighted by Gasteiger charge is -2.42. The van der Waals surface area contributed by atoms with Crippen LogP contribution in [0.25, 0.3) is 0 Å². The molecule has 1 aliphatic rings. The smallest absolute Gasteiger partial charge is 0.341 e. The Hall–Kier alpha value is -3.57. The molecule has 0 saturated carbocycles. The van der Waals surface area contributed by atoms with Crippen LogP contribution in [0.1, 0.15) is 54.5 Å². The van der Waals surface area contributed by atoms with Crippen molar-refractivity contribution < 1.29 is 24.1 Å². The van der Waals surface area contributed by atoms with E-state index >= 15 is 0 Å². The molecule has 4 atom stereocenters. The number of rotatable bonds is 8. The largest absolute Gasteiger partial charge is 0.482 e. The molecule has 1 aliphatic heterocycles. The number of aryl methyl sites for hydroxylation is 2. The van der Waals surface area contributed by atoms with E-state index in [0.29, 0.717) is 17.2 Å². The third-order valence-electron chi connectivity index (χ3n) is 6.88. The molecule has 1 N–H and O–H groups in total. The SMILES string of the molecule is C=C(C)[C@H]1C[C@H](c2ccc(C)cc2C)[C@H](C)O[C@@H]1c1cc(Oc2ccccc2)ccc1OCC(=O)O. The van der Waals surface area contributed by atoms with Gasteiger partial charge < -0.3 is 19.3 Å². The number of carboxylic acids is 1. The monoisotopic (exact) mass is 486 g/mol. The Labute approximate surface area is 213 Å². The molecule has 1 fully saturated rings. The van der Waals surface area contributed by atoms with Crippen molar-refractivity contribution in [2.45, 2.75) is 52.2 Å². The van der Waals surface area contributed by atoms with Crippen molar-refractivity contribution in [3.63, 3.8) is 0 Å². The van der Waals surface area contributed by atoms with Crippen LogP contribution < -0.4 is 9.47 Å². The Balaban J connectivity index is 1.70. The summed E-state index contributed by atoms with van der Waals surface area (Å²) < 4.78 is 18.5. The van der Waals surface area contributed by atoms with Crippen LogP contribution >= 0.6 is 0 Å². The van der Waals surface area contributed by atoms with E-state index in [1.165, 1.54) is 16.7 Å². The highest BCUT2D eigenvalue weighted by atomic mass is 16.5. The van der Waals surface area contributed by atoms with Gasteiger partial charge in [0, 0.05) is 17.4 Å². The normalized spacial score (nSPS) is 21.6. The minimum atomic E-state index is -1.03. The van der Waals surface area contributed by atoms with Crippen LogP contribution in [0.3, 0.4) is 0 Å². The first-order valence-electron chi connectivity index (χ1n) is 12.3. The maximum Gasteiger partial charge on any atom is 0.341 e. The second kappa shape index (κ2) is 11.0. The summed E-state index contributed by atoms with van der Waals surface area (Å²) in [6.45, 7) is 12.2. The summed E-state index contributed by atoms with van der Waals surface area (Å²) in [6.07, 6.45) is 0.466. The number of benzene rings is 3. The van der Waals surface area contributed by atoms with Gasteiger partial charge in [-0.15, -0.1) is 0 Å². The maximum absolute atomic E-state index is 11.3. The van der Waals surface area contributed by atoms with Gasteiger partial charge in [-0.2, -0.15) is 0 Å². The van der Waals surface area contributed by atoms with Gasteiger partial charge in [0.15, 0.2) is 6.61 Å². The highest BCUT2D eigenvalue weighted by Gasteiger charge is 2.39. The summed E-state index contributed by atoms with van der Waals surface area (Å²) in [5.41, 5.74) is 5.58. The first-order chi connectivity index (χ1) is 17.2. The second-order valence-corrected chi connectivity index (χ2v) is 9.71. The molecule has 0 unspecified atom stereocenters. The van der Waals surface area contributed by atoms with Crippen molar-refractivity contribution in [2.75, 3.05) is 6.61 Å². The van der Waals surface area contributed by atoms with Gasteiger partial charge in [-0.3, -0.25) is 0 Å². The van der Waals surface area contributed by atoms with Crippen LogP contribution in [-0.4, -0.2) is 23.8 Å². The second-order valence-electron chi connectivity index (χ2n) is 9.71. The van der Waals surface area contributed by atoms with Crippen LogP contribution in [0.4, 0.5) is 0 Å². The number of para-hydroxylation sites is 1. The number of carboxylic acid groups (broad SMARTS) is 1. The zero-order valence-corrected chi connectivity index (χ0v) is 21.4. The molecule has 4 rings (SSSR count). The molecule has 1 heterocycles. The van der Waals surface area contributed by atoms with Crippen LogP contribution in [0.2, 0.25) is 0 Å². The first-order valence-corrected chi connectivity index (χ1v) is 12.3. The lowest BCUT2D eigenvalue weighted by molar-refractivity contribution is -0.139. The summed E-state index contributed by atoms with van der Waals surface area (Å²) in [5, 5.41) is 9.22. The van der Waals surface area contributed by atoms with Gasteiger partial charge in [0.05, 0.1) is 12.2 Å². The fourth-order valence-corrected chi connectivity index (χ4v) is 5.09. The van der Waals surface area contributed by atoms with Gasteiger partial charge in [-0.05, 0) is 75.6 Å². The summed E-state index contributed by atoms with van der Waals surface area (Å²) >= 11 is 0. The standard InChI is InChI=1S/C31H34O5/c1-19(2)26-17-27(25-13-11-20(3)15-21(25)4)22(5)35-31(26)28-16-24(36-23-9-7-6-8-10-23)12-14-29(28)34-18-30(32)33/h6-16,22,26-27,31H,1,17-18H2,2-5H3,(H,32,33)/t22-,26+,27-,31-/m0/s1. The fourth-order valence-electron chi connectivity index (χ4n) is 5.09. The molecular formula is C31H34O5. The minimum Gasteiger partial charge on any atom is -0.482 e. The molecule has 0 amide bonds. The van der Waals surface area contributed by atoms with E-state index in [1.54, 1.807) is 12.1 Å². The zero-order chi connectivity index (χ0) is 25.8. The Morgan fingerprint density at radius 2 is 1.78 bits per heavy atom. The number of hydrogen-bond donors (Lipinski definition) is 1. The lowest BCUT2D eigenvalue weighted by Crippen LogP contribution is -2.35. The average molecular weight is 487 g/mol. The lowest BCUT2D eigenvalue weighted by atomic mass is 9.75. The molecule has 36 heavy (non-hydrogen) atoms. The van der Waals surface area contributed by atoms with Crippen LogP contribution in [0.5, 0.6) is 17.2 Å². The molecule has 0 aromatic heterocycles. The van der Waals surface area contributed by atoms with Gasteiger partial charge >= 0.3 is 5.97 Å². The van der Waals surface area contributed by atoms with Crippen LogP contribution in [0.15, 0.2) is 78.9 Å². The molecule has 188 valence electrons. The van der Waals surface area contributed by atoms with Crippen molar-refractivity contribution in [2.24, 2.45) is 5.92 Å². The quantitative estimate of drug-likeness (QED) is 0.336. The fraction of sp³-hybridized carbons (Fsp3) is 0.323. The third kappa shape index (κ3) is 5.80. The topological polar surface area (TPSA) is 65.0 Å². The molecule has 3 aromatic carbocycles. The Morgan fingerprint density at radius 3 is 2.44 bits per heavy atom. The average Bonchev–Trinajstić information content (AvgIpc) is 2.84. The van der Waals surface area contributed by atoms with Crippen LogP contribution in [-0.2, 0) is 9.53 Å². The predicted octanol–water partition coefficient (Wildman–Crippen LogP) is 7.39. The van der Waals surface area contributed by atoms with E-state index in [2.05, 4.69) is 45.5 Å². The molecular weight excluding hydrogens is 452 g/mol. The Bertz CT molecular complexity index is 1230. The van der Waals surface area contributed by atoms with E-state index in [9.17, 15) is 9.90 Å². The highest BCUT2D eigenvalue weighted by molar-refractivity contribution is 5.68. The number of hydrogen-bond acceptors (Lipinski definition) is 4. The van der Waals surface area contributed by atoms with Crippen molar-refractivity contribution >= 4 is 5.97 Å². The van der Waals surface area contributed by atoms with Gasteiger partial charge in [0.1, 0.15) is 17.2 Å². The Kier molecular flexibility index (Phi) is 7.80. The van der Waals surface area contributed by atoms with E-state index in [1.807, 2.05) is 43.3 Å². The molecule has 0 bridgehead atoms. The molecule has 5 heteroatoms. The summed E-state index contributed by atoms with van der Waals surface area (Å²) in [7, 11) is 0. The minimum absolute atomic E-state index is 0.0195. The Morgan fingerprint density at radius 1 is 1.03 bits per heavy atom. The van der Waals surface area contributed by atoms with Gasteiger partial charge in [-0.1, -0.05) is 54.1 Å². The molecule has 0 spiro atoms. The maximum atomic E-state index is 11.3. The number of ether oxygens (including phenoxy) is 3. The third-order valence-corrected chi connectivity index (χ3v) is 6.88. The molecule has 1 saturated heterocycles. The van der Waals surface area contributed by atoms with Crippen molar-refractivity contribution in [1.82, 2.24) is 0 Å². The molecule has 3 aromatic rings. The van der Waals surface area contributed by atoms with Crippen molar-refractivity contribution in [3.8, 4) is 17.2 Å². The van der Waals surface area contributed by atoms with E-state index in [0.717, 1.165) is 17.6 Å². The van der Waals surface area contributed by atoms with Gasteiger partial charge in [-0.25, -0.2) is 4.79 Å². The summed E-state index contributed by atoms with van der Waals surface area (Å²) in [6, 6.07) is 21.6. The van der Waals surface area contributed by atoms with Crippen molar-refractivity contribution in [3.05, 3.63) is 101 Å². The predicted molar refractivity (Wildman–Crippen MR) is 141 cm³/mol. The highest BCUT2D eigenvalue weighted by Crippen LogP contribution is 2.49. The van der Waals surface area contributed by atoms with E-state index in [-0.39, 0.29) is 24.0 Å². The number of aliphatic carboxylic acids is 1. The summed E-state index contributed by atoms with van der Waals surface area (Å²) in [5.74, 6) is 1.03. The molecule has 0 radical (unpaired) electrons. The zero-order valence-electron chi connectivity index (χ0n) is 21.4. The van der Waals surface area contributed by atoms with Gasteiger partial charge in [0.25, 0.3) is 0 Å². The van der Waals surface area contributed by atoms with Gasteiger partial charge in [0.2, 0.25) is 0 Å². The van der Waals surface area contributed by atoms with Crippen molar-refractivity contribution in [1.29, 1.82) is 0 Å². The van der Waals surface area contributed by atoms with Crippen LogP contribution in [0, 0.1) is 19.8 Å².